The maximum absolute atomic E-state index is 12.3. The Morgan fingerprint density at radius 3 is 2.33 bits per heavy atom. The number of alkyl carbamates (subject to hydrolysis) is 1. The maximum atomic E-state index is 12.3. The Morgan fingerprint density at radius 1 is 0.933 bits per heavy atom. The van der Waals surface area contributed by atoms with Crippen LogP contribution in [0.1, 0.15) is 31.9 Å². The molecule has 3 amide bonds. The molecule has 0 spiro atoms. The Bertz CT molecular complexity index is 909. The molecule has 0 aliphatic heterocycles. The molecule has 0 saturated carbocycles. The molecule has 0 heterocycles. The van der Waals surface area contributed by atoms with Crippen molar-refractivity contribution < 1.29 is 19.1 Å². The average Bonchev–Trinajstić information content (AvgIpc) is 2.63. The molecule has 0 radical (unpaired) electrons. The van der Waals surface area contributed by atoms with E-state index in [9.17, 15) is 14.4 Å². The lowest BCUT2D eigenvalue weighted by Gasteiger charge is -2.19. The summed E-state index contributed by atoms with van der Waals surface area (Å²) >= 11 is 3.39. The van der Waals surface area contributed by atoms with Crippen LogP contribution in [0.3, 0.4) is 0 Å². The van der Waals surface area contributed by atoms with E-state index in [4.69, 9.17) is 4.74 Å². The second-order valence-electron chi connectivity index (χ2n) is 7.69. The van der Waals surface area contributed by atoms with E-state index in [0.29, 0.717) is 5.69 Å². The average molecular weight is 476 g/mol. The lowest BCUT2D eigenvalue weighted by molar-refractivity contribution is -0.120. The van der Waals surface area contributed by atoms with Crippen molar-refractivity contribution in [1.29, 1.82) is 0 Å². The summed E-state index contributed by atoms with van der Waals surface area (Å²) in [4.78, 5) is 35.8. The minimum atomic E-state index is -0.646. The zero-order chi connectivity index (χ0) is 22.1. The predicted molar refractivity (Wildman–Crippen MR) is 119 cm³/mol. The van der Waals surface area contributed by atoms with Crippen LogP contribution in [0.4, 0.5) is 10.5 Å². The predicted octanol–water partition coefficient (Wildman–Crippen LogP) is 3.77. The number of ether oxygens (including phenoxy) is 1. The molecule has 0 aromatic heterocycles. The maximum Gasteiger partial charge on any atom is 0.408 e. The minimum absolute atomic E-state index is 0.129. The molecule has 0 saturated heterocycles. The molecule has 2 rings (SSSR count). The zero-order valence-corrected chi connectivity index (χ0v) is 18.8. The molecule has 8 heteroatoms. The Morgan fingerprint density at radius 2 is 1.63 bits per heavy atom. The lowest BCUT2D eigenvalue weighted by atomic mass is 10.1. The highest BCUT2D eigenvalue weighted by Crippen LogP contribution is 2.14. The van der Waals surface area contributed by atoms with Crippen molar-refractivity contribution in [3.05, 3.63) is 64.1 Å². The fourth-order valence-electron chi connectivity index (χ4n) is 2.53. The van der Waals surface area contributed by atoms with Crippen molar-refractivity contribution in [2.24, 2.45) is 0 Å². The van der Waals surface area contributed by atoms with Crippen LogP contribution in [-0.4, -0.2) is 30.1 Å². The Kier molecular flexibility index (Phi) is 8.41. The SMILES string of the molecule is CC(C)(C)OC(=O)NCC(=O)NCc1cccc(NC(=O)Cc2cccc(Br)c2)c1. The van der Waals surface area contributed by atoms with Gasteiger partial charge >= 0.3 is 6.09 Å². The molecule has 7 nitrogen and oxygen atoms in total. The van der Waals surface area contributed by atoms with Crippen LogP contribution in [0.5, 0.6) is 0 Å². The normalized spacial score (nSPS) is 10.8. The van der Waals surface area contributed by atoms with Gasteiger partial charge in [0.05, 0.1) is 6.42 Å². The molecule has 3 N–H and O–H groups in total. The highest BCUT2D eigenvalue weighted by Gasteiger charge is 2.16. The number of anilines is 1. The van der Waals surface area contributed by atoms with Gasteiger partial charge < -0.3 is 20.7 Å². The van der Waals surface area contributed by atoms with Gasteiger partial charge in [-0.15, -0.1) is 0 Å². The summed E-state index contributed by atoms with van der Waals surface area (Å²) in [5.74, 6) is -0.471. The van der Waals surface area contributed by atoms with Gasteiger partial charge in [-0.2, -0.15) is 0 Å². The number of hydrogen-bond donors (Lipinski definition) is 3. The molecule has 0 fully saturated rings. The van der Waals surface area contributed by atoms with Crippen LogP contribution >= 0.6 is 15.9 Å². The van der Waals surface area contributed by atoms with Gasteiger partial charge in [-0.3, -0.25) is 9.59 Å². The first-order valence-corrected chi connectivity index (χ1v) is 10.3. The smallest absolute Gasteiger partial charge is 0.408 e. The fraction of sp³-hybridized carbons (Fsp3) is 0.318. The van der Waals surface area contributed by atoms with Gasteiger partial charge in [-0.25, -0.2) is 4.79 Å². The second kappa shape index (κ2) is 10.8. The van der Waals surface area contributed by atoms with E-state index in [0.717, 1.165) is 15.6 Å². The van der Waals surface area contributed by atoms with E-state index >= 15 is 0 Å². The number of rotatable bonds is 7. The van der Waals surface area contributed by atoms with Gasteiger partial charge in [0.1, 0.15) is 12.1 Å². The van der Waals surface area contributed by atoms with Crippen molar-refractivity contribution in [3.8, 4) is 0 Å². The van der Waals surface area contributed by atoms with E-state index in [1.165, 1.54) is 0 Å². The first-order valence-electron chi connectivity index (χ1n) is 9.47. The quantitative estimate of drug-likeness (QED) is 0.567. The molecule has 0 aliphatic carbocycles. The summed E-state index contributed by atoms with van der Waals surface area (Å²) in [6, 6.07) is 14.8. The van der Waals surface area contributed by atoms with E-state index in [1.807, 2.05) is 30.3 Å². The molecule has 0 aliphatic rings. The number of benzene rings is 2. The van der Waals surface area contributed by atoms with Crippen molar-refractivity contribution in [2.45, 2.75) is 39.3 Å². The van der Waals surface area contributed by atoms with Crippen molar-refractivity contribution >= 4 is 39.5 Å². The molecule has 0 atom stereocenters. The van der Waals surface area contributed by atoms with Crippen molar-refractivity contribution in [3.63, 3.8) is 0 Å². The largest absolute Gasteiger partial charge is 0.444 e. The molecule has 160 valence electrons. The Hall–Kier alpha value is -2.87. The van der Waals surface area contributed by atoms with Gasteiger partial charge in [0.15, 0.2) is 0 Å². The third kappa shape index (κ3) is 9.09. The van der Waals surface area contributed by atoms with Crippen LogP contribution < -0.4 is 16.0 Å². The molecule has 30 heavy (non-hydrogen) atoms. The summed E-state index contributed by atoms with van der Waals surface area (Å²) < 4.78 is 6.00. The molecule has 0 unspecified atom stereocenters. The summed E-state index contributed by atoms with van der Waals surface area (Å²) in [6.07, 6.45) is -0.385. The standard InChI is InChI=1S/C22H26BrN3O4/c1-22(2,3)30-21(29)25-14-20(28)24-13-16-7-5-9-18(11-16)26-19(27)12-15-6-4-8-17(23)10-15/h4-11H,12-14H2,1-3H3,(H,24,28)(H,25,29)(H,26,27). The Labute approximate surface area is 184 Å². The van der Waals surface area contributed by atoms with Gasteiger partial charge in [0.2, 0.25) is 11.8 Å². The van der Waals surface area contributed by atoms with Crippen LogP contribution in [0.25, 0.3) is 0 Å². The van der Waals surface area contributed by atoms with Gasteiger partial charge in [0, 0.05) is 16.7 Å². The number of carbonyl (C=O) groups excluding carboxylic acids is 3. The molecule has 2 aromatic carbocycles. The number of nitrogens with one attached hydrogen (secondary N) is 3. The fourth-order valence-corrected chi connectivity index (χ4v) is 2.97. The monoisotopic (exact) mass is 475 g/mol. The van der Waals surface area contributed by atoms with Gasteiger partial charge in [-0.1, -0.05) is 40.2 Å². The molecule has 0 bridgehead atoms. The van der Waals surface area contributed by atoms with E-state index in [2.05, 4.69) is 31.9 Å². The van der Waals surface area contributed by atoms with E-state index in [1.54, 1.807) is 39.0 Å². The zero-order valence-electron chi connectivity index (χ0n) is 17.3. The van der Waals surface area contributed by atoms with Crippen LogP contribution in [-0.2, 0) is 27.3 Å². The molecular weight excluding hydrogens is 450 g/mol. The summed E-state index contributed by atoms with van der Waals surface area (Å²) in [7, 11) is 0. The highest BCUT2D eigenvalue weighted by molar-refractivity contribution is 9.10. The number of halogens is 1. The first kappa shape index (κ1) is 23.4. The third-order valence-corrected chi connectivity index (χ3v) is 4.24. The molecular formula is C22H26BrN3O4. The van der Waals surface area contributed by atoms with Gasteiger partial charge in [-0.05, 0) is 56.2 Å². The van der Waals surface area contributed by atoms with E-state index < -0.39 is 11.7 Å². The summed E-state index contributed by atoms with van der Waals surface area (Å²) in [6.45, 7) is 5.33. The second-order valence-corrected chi connectivity index (χ2v) is 8.60. The number of carbonyl (C=O) groups is 3. The minimum Gasteiger partial charge on any atom is -0.444 e. The topological polar surface area (TPSA) is 96.5 Å². The summed E-state index contributed by atoms with van der Waals surface area (Å²) in [5.41, 5.74) is 1.75. The third-order valence-electron chi connectivity index (χ3n) is 3.75. The Balaban J connectivity index is 1.80. The molecule has 2 aromatic rings. The first-order chi connectivity index (χ1) is 14.1. The summed E-state index contributed by atoms with van der Waals surface area (Å²) in [5, 5.41) is 7.98. The van der Waals surface area contributed by atoms with Crippen LogP contribution in [0, 0.1) is 0 Å². The highest BCUT2D eigenvalue weighted by atomic mass is 79.9. The van der Waals surface area contributed by atoms with Crippen LogP contribution in [0.15, 0.2) is 53.0 Å². The number of amides is 3. The van der Waals surface area contributed by atoms with E-state index in [-0.39, 0.29) is 31.3 Å². The number of hydrogen-bond acceptors (Lipinski definition) is 4. The van der Waals surface area contributed by atoms with Gasteiger partial charge in [0.25, 0.3) is 0 Å². The lowest BCUT2D eigenvalue weighted by Crippen LogP contribution is -2.39. The van der Waals surface area contributed by atoms with Crippen molar-refractivity contribution in [2.75, 3.05) is 11.9 Å². The van der Waals surface area contributed by atoms with Crippen molar-refractivity contribution in [1.82, 2.24) is 10.6 Å². The van der Waals surface area contributed by atoms with Crippen LogP contribution in [0.2, 0.25) is 0 Å².